The van der Waals surface area contributed by atoms with Crippen LogP contribution in [-0.4, -0.2) is 64.8 Å². The molecule has 0 N–H and O–H groups in total. The predicted octanol–water partition coefficient (Wildman–Crippen LogP) is 2.19. The molecule has 7 heteroatoms. The second-order valence-electron chi connectivity index (χ2n) is 7.42. The van der Waals surface area contributed by atoms with Crippen molar-refractivity contribution in [1.29, 1.82) is 0 Å². The van der Waals surface area contributed by atoms with Crippen molar-refractivity contribution in [1.82, 2.24) is 19.5 Å². The molecule has 140 valence electrons. The summed E-state index contributed by atoms with van der Waals surface area (Å²) < 4.78 is 15.0. The zero-order valence-electron chi connectivity index (χ0n) is 15.4. The Labute approximate surface area is 157 Å². The summed E-state index contributed by atoms with van der Waals surface area (Å²) in [6.07, 6.45) is 3.72. The van der Waals surface area contributed by atoms with Crippen molar-refractivity contribution >= 4 is 17.0 Å². The fourth-order valence-corrected chi connectivity index (χ4v) is 4.13. The fourth-order valence-electron chi connectivity index (χ4n) is 4.13. The van der Waals surface area contributed by atoms with E-state index in [0.29, 0.717) is 6.04 Å². The van der Waals surface area contributed by atoms with Crippen molar-refractivity contribution in [2.45, 2.75) is 13.0 Å². The molecule has 0 atom stereocenters. The molecule has 0 unspecified atom stereocenters. The van der Waals surface area contributed by atoms with E-state index >= 15 is 0 Å². The van der Waals surface area contributed by atoms with Gasteiger partial charge in [-0.25, -0.2) is 13.9 Å². The van der Waals surface area contributed by atoms with E-state index in [1.54, 1.807) is 0 Å². The highest BCUT2D eigenvalue weighted by Gasteiger charge is 2.35. The van der Waals surface area contributed by atoms with Gasteiger partial charge in [0.25, 0.3) is 0 Å². The van der Waals surface area contributed by atoms with Crippen LogP contribution in [0.25, 0.3) is 5.52 Å². The topological polar surface area (TPSA) is 39.9 Å². The van der Waals surface area contributed by atoms with E-state index in [4.69, 9.17) is 0 Å². The quantitative estimate of drug-likeness (QED) is 0.711. The third-order valence-corrected chi connectivity index (χ3v) is 5.68. The van der Waals surface area contributed by atoms with Crippen LogP contribution in [-0.2, 0) is 0 Å². The van der Waals surface area contributed by atoms with E-state index < -0.39 is 0 Å². The van der Waals surface area contributed by atoms with E-state index in [1.165, 1.54) is 12.1 Å². The Bertz CT molecular complexity index is 939. The van der Waals surface area contributed by atoms with Crippen LogP contribution in [0.4, 0.5) is 15.9 Å². The van der Waals surface area contributed by atoms with Crippen molar-refractivity contribution in [3.63, 3.8) is 0 Å². The second-order valence-corrected chi connectivity index (χ2v) is 7.42. The lowest BCUT2D eigenvalue weighted by molar-refractivity contribution is 0.157. The molecule has 27 heavy (non-hydrogen) atoms. The van der Waals surface area contributed by atoms with Crippen LogP contribution >= 0.6 is 0 Å². The van der Waals surface area contributed by atoms with Crippen LogP contribution in [0.3, 0.4) is 0 Å². The van der Waals surface area contributed by atoms with Crippen LogP contribution in [0.5, 0.6) is 0 Å². The number of rotatable bonds is 3. The number of anilines is 2. The summed E-state index contributed by atoms with van der Waals surface area (Å²) in [5.74, 6) is 0.850. The lowest BCUT2D eigenvalue weighted by atomic mass is 10.1. The Kier molecular flexibility index (Phi) is 3.97. The minimum absolute atomic E-state index is 0.177. The standard InChI is InChI=1S/C20H23FN6/c1-15-12-19-20(22-6-7-27(19)23-15)26-13-18(14-26)25-10-8-24(9-11-25)17-4-2-16(21)3-5-17/h2-7,12,18H,8-11,13-14H2,1H3. The van der Waals surface area contributed by atoms with Crippen LogP contribution in [0.1, 0.15) is 5.69 Å². The van der Waals surface area contributed by atoms with Gasteiger partial charge in [-0.05, 0) is 37.3 Å². The molecule has 0 amide bonds. The van der Waals surface area contributed by atoms with Gasteiger partial charge in [-0.15, -0.1) is 0 Å². The van der Waals surface area contributed by atoms with E-state index in [2.05, 4.69) is 30.8 Å². The molecule has 4 heterocycles. The van der Waals surface area contributed by atoms with Crippen molar-refractivity contribution in [3.05, 3.63) is 54.2 Å². The molecule has 0 saturated carbocycles. The fraction of sp³-hybridized carbons (Fsp3) is 0.400. The smallest absolute Gasteiger partial charge is 0.154 e. The van der Waals surface area contributed by atoms with E-state index in [1.807, 2.05) is 36.0 Å². The Hall–Kier alpha value is -2.67. The van der Waals surface area contributed by atoms with Gasteiger partial charge in [-0.3, -0.25) is 4.90 Å². The molecule has 6 nitrogen and oxygen atoms in total. The number of hydrogen-bond donors (Lipinski definition) is 0. The second kappa shape index (κ2) is 6.49. The summed E-state index contributed by atoms with van der Waals surface area (Å²) in [7, 11) is 0. The third-order valence-electron chi connectivity index (χ3n) is 5.68. The summed E-state index contributed by atoms with van der Waals surface area (Å²) >= 11 is 0. The van der Waals surface area contributed by atoms with Gasteiger partial charge in [-0.2, -0.15) is 5.10 Å². The van der Waals surface area contributed by atoms with Gasteiger partial charge < -0.3 is 9.80 Å². The third kappa shape index (κ3) is 3.02. The van der Waals surface area contributed by atoms with Gasteiger partial charge in [0, 0.05) is 63.4 Å². The Balaban J connectivity index is 1.20. The average molecular weight is 366 g/mol. The minimum atomic E-state index is -0.177. The summed E-state index contributed by atoms with van der Waals surface area (Å²) in [6, 6.07) is 9.49. The van der Waals surface area contributed by atoms with Crippen molar-refractivity contribution < 1.29 is 4.39 Å². The average Bonchev–Trinajstić information content (AvgIpc) is 3.03. The monoisotopic (exact) mass is 366 g/mol. The maximum Gasteiger partial charge on any atom is 0.154 e. The highest BCUT2D eigenvalue weighted by atomic mass is 19.1. The number of hydrogen-bond acceptors (Lipinski definition) is 5. The summed E-state index contributed by atoms with van der Waals surface area (Å²) in [6.45, 7) is 8.07. The Morgan fingerprint density at radius 3 is 2.48 bits per heavy atom. The van der Waals surface area contributed by atoms with Gasteiger partial charge >= 0.3 is 0 Å². The molecule has 2 fully saturated rings. The number of aromatic nitrogens is 3. The van der Waals surface area contributed by atoms with Gasteiger partial charge in [0.1, 0.15) is 11.3 Å². The van der Waals surface area contributed by atoms with Gasteiger partial charge in [-0.1, -0.05) is 0 Å². The van der Waals surface area contributed by atoms with Crippen LogP contribution in [0.15, 0.2) is 42.7 Å². The number of benzene rings is 1. The molecule has 1 aromatic carbocycles. The number of piperazine rings is 1. The molecule has 2 aliphatic rings. The highest BCUT2D eigenvalue weighted by molar-refractivity contribution is 5.70. The van der Waals surface area contributed by atoms with Crippen LogP contribution in [0, 0.1) is 12.7 Å². The highest BCUT2D eigenvalue weighted by Crippen LogP contribution is 2.27. The number of fused-ring (bicyclic) bond motifs is 1. The lowest BCUT2D eigenvalue weighted by Gasteiger charge is -2.49. The Morgan fingerprint density at radius 2 is 1.74 bits per heavy atom. The first-order valence-electron chi connectivity index (χ1n) is 9.48. The first-order valence-corrected chi connectivity index (χ1v) is 9.48. The molecule has 2 saturated heterocycles. The summed E-state index contributed by atoms with van der Waals surface area (Å²) in [5, 5.41) is 4.48. The summed E-state index contributed by atoms with van der Waals surface area (Å²) in [4.78, 5) is 11.8. The molecule has 0 spiro atoms. The molecular weight excluding hydrogens is 343 g/mol. The molecular formula is C20H23FN6. The van der Waals surface area contributed by atoms with Crippen molar-refractivity contribution in [3.8, 4) is 0 Å². The molecule has 0 aliphatic carbocycles. The molecule has 5 rings (SSSR count). The van der Waals surface area contributed by atoms with Crippen molar-refractivity contribution in [2.24, 2.45) is 0 Å². The first kappa shape index (κ1) is 16.5. The van der Waals surface area contributed by atoms with Crippen LogP contribution < -0.4 is 9.80 Å². The number of nitrogens with zero attached hydrogens (tertiary/aromatic N) is 6. The van der Waals surface area contributed by atoms with Gasteiger partial charge in [0.15, 0.2) is 5.82 Å². The molecule has 0 radical (unpaired) electrons. The normalized spacial score (nSPS) is 18.9. The zero-order valence-corrected chi connectivity index (χ0v) is 15.4. The maximum absolute atomic E-state index is 13.1. The van der Waals surface area contributed by atoms with Gasteiger partial charge in [0.2, 0.25) is 0 Å². The number of halogens is 1. The van der Waals surface area contributed by atoms with E-state index in [-0.39, 0.29) is 5.82 Å². The SMILES string of the molecule is Cc1cc2c(N3CC(N4CCN(c5ccc(F)cc5)CC4)C3)nccn2n1. The zero-order chi connectivity index (χ0) is 18.4. The number of aryl methyl sites for hydroxylation is 1. The van der Waals surface area contributed by atoms with Crippen LogP contribution in [0.2, 0.25) is 0 Å². The Morgan fingerprint density at radius 1 is 1.00 bits per heavy atom. The maximum atomic E-state index is 13.1. The van der Waals surface area contributed by atoms with E-state index in [0.717, 1.165) is 62.0 Å². The van der Waals surface area contributed by atoms with E-state index in [9.17, 15) is 4.39 Å². The summed E-state index contributed by atoms with van der Waals surface area (Å²) in [5.41, 5.74) is 3.20. The largest absolute Gasteiger partial charge is 0.369 e. The van der Waals surface area contributed by atoms with Crippen molar-refractivity contribution in [2.75, 3.05) is 49.1 Å². The predicted molar refractivity (Wildman–Crippen MR) is 104 cm³/mol. The molecule has 0 bridgehead atoms. The lowest BCUT2D eigenvalue weighted by Crippen LogP contribution is -2.63. The molecule has 2 aliphatic heterocycles. The molecule has 3 aromatic rings. The van der Waals surface area contributed by atoms with Gasteiger partial charge in [0.05, 0.1) is 5.69 Å². The molecule has 2 aromatic heterocycles. The minimum Gasteiger partial charge on any atom is -0.369 e. The first-order chi connectivity index (χ1) is 13.2.